The van der Waals surface area contributed by atoms with Crippen LogP contribution in [0.15, 0.2) is 4.52 Å². The Morgan fingerprint density at radius 2 is 1.90 bits per heavy atom. The summed E-state index contributed by atoms with van der Waals surface area (Å²) in [4.78, 5) is 16.2. The smallest absolute Gasteiger partial charge is 0.229 e. The summed E-state index contributed by atoms with van der Waals surface area (Å²) in [5.41, 5.74) is -0.409. The number of rotatable bonds is 3. The van der Waals surface area contributed by atoms with E-state index in [4.69, 9.17) is 4.52 Å². The molecule has 0 bridgehead atoms. The summed E-state index contributed by atoms with van der Waals surface area (Å²) >= 11 is 0. The van der Waals surface area contributed by atoms with Crippen LogP contribution in [0.1, 0.15) is 82.3 Å². The SMILES string of the molecule is CC(=O)NC1(c2noc(C3CCC3)n2)CCCCCC1. The molecule has 0 unspecified atom stereocenters. The van der Waals surface area contributed by atoms with Gasteiger partial charge in [0.25, 0.3) is 0 Å². The molecule has 0 spiro atoms. The summed E-state index contributed by atoms with van der Waals surface area (Å²) in [6.45, 7) is 1.57. The van der Waals surface area contributed by atoms with Gasteiger partial charge in [-0.05, 0) is 25.7 Å². The van der Waals surface area contributed by atoms with E-state index in [1.807, 2.05) is 0 Å². The molecule has 0 atom stereocenters. The monoisotopic (exact) mass is 277 g/mol. The first kappa shape index (κ1) is 13.6. The number of carbonyl (C=O) groups excluding carboxylic acids is 1. The number of amides is 1. The fraction of sp³-hybridized carbons (Fsp3) is 0.800. The Labute approximate surface area is 119 Å². The van der Waals surface area contributed by atoms with Crippen LogP contribution in [0.4, 0.5) is 0 Å². The summed E-state index contributed by atoms with van der Waals surface area (Å²) in [6.07, 6.45) is 10.0. The second-order valence-electron chi connectivity index (χ2n) is 6.26. The second kappa shape index (κ2) is 5.54. The van der Waals surface area contributed by atoms with Crippen LogP contribution < -0.4 is 5.32 Å². The second-order valence-corrected chi connectivity index (χ2v) is 6.26. The van der Waals surface area contributed by atoms with E-state index in [0.29, 0.717) is 11.7 Å². The first-order valence-electron chi connectivity index (χ1n) is 7.82. The Morgan fingerprint density at radius 3 is 2.45 bits per heavy atom. The van der Waals surface area contributed by atoms with Crippen LogP contribution in [0.5, 0.6) is 0 Å². The van der Waals surface area contributed by atoms with Crippen LogP contribution >= 0.6 is 0 Å². The quantitative estimate of drug-likeness (QED) is 0.862. The van der Waals surface area contributed by atoms with Gasteiger partial charge in [-0.25, -0.2) is 0 Å². The van der Waals surface area contributed by atoms with E-state index in [0.717, 1.165) is 44.4 Å². The minimum atomic E-state index is -0.409. The van der Waals surface area contributed by atoms with Gasteiger partial charge >= 0.3 is 0 Å². The van der Waals surface area contributed by atoms with Crippen molar-refractivity contribution >= 4 is 5.91 Å². The zero-order chi connectivity index (χ0) is 14.0. The van der Waals surface area contributed by atoms with Crippen molar-refractivity contribution in [3.63, 3.8) is 0 Å². The van der Waals surface area contributed by atoms with Gasteiger partial charge in [-0.3, -0.25) is 4.79 Å². The molecule has 1 heterocycles. The minimum absolute atomic E-state index is 0.0121. The lowest BCUT2D eigenvalue weighted by molar-refractivity contribution is -0.121. The van der Waals surface area contributed by atoms with Crippen molar-refractivity contribution in [2.75, 3.05) is 0 Å². The number of hydrogen-bond donors (Lipinski definition) is 1. The van der Waals surface area contributed by atoms with Crippen LogP contribution in [0.2, 0.25) is 0 Å². The zero-order valence-corrected chi connectivity index (χ0v) is 12.2. The summed E-state index contributed by atoms with van der Waals surface area (Å²) in [6, 6.07) is 0. The molecule has 2 aliphatic rings. The lowest BCUT2D eigenvalue weighted by atomic mass is 9.85. The molecular formula is C15H23N3O2. The molecule has 110 valence electrons. The Bertz CT molecular complexity index is 471. The molecule has 20 heavy (non-hydrogen) atoms. The normalized spacial score (nSPS) is 22.9. The third-order valence-corrected chi connectivity index (χ3v) is 4.70. The maximum Gasteiger partial charge on any atom is 0.229 e. The topological polar surface area (TPSA) is 68.0 Å². The summed E-state index contributed by atoms with van der Waals surface area (Å²) in [7, 11) is 0. The van der Waals surface area contributed by atoms with Crippen LogP contribution in [0, 0.1) is 0 Å². The van der Waals surface area contributed by atoms with Gasteiger partial charge in [0, 0.05) is 12.8 Å². The van der Waals surface area contributed by atoms with E-state index >= 15 is 0 Å². The fourth-order valence-corrected chi connectivity index (χ4v) is 3.32. The number of nitrogens with zero attached hydrogens (tertiary/aromatic N) is 2. The molecule has 5 nitrogen and oxygen atoms in total. The summed E-state index contributed by atoms with van der Waals surface area (Å²) in [5.74, 6) is 1.88. The molecule has 2 saturated carbocycles. The Balaban J connectivity index is 1.86. The molecule has 0 radical (unpaired) electrons. The minimum Gasteiger partial charge on any atom is -0.343 e. The molecule has 1 aromatic heterocycles. The molecule has 3 rings (SSSR count). The highest BCUT2D eigenvalue weighted by atomic mass is 16.5. The largest absolute Gasteiger partial charge is 0.343 e. The third-order valence-electron chi connectivity index (χ3n) is 4.70. The van der Waals surface area contributed by atoms with Crippen LogP contribution in [0.25, 0.3) is 0 Å². The molecular weight excluding hydrogens is 254 g/mol. The van der Waals surface area contributed by atoms with Crippen molar-refractivity contribution in [1.29, 1.82) is 0 Å². The lowest BCUT2D eigenvalue weighted by Gasteiger charge is -2.30. The van der Waals surface area contributed by atoms with Crippen molar-refractivity contribution in [2.24, 2.45) is 0 Å². The van der Waals surface area contributed by atoms with E-state index in [9.17, 15) is 4.79 Å². The predicted octanol–water partition coefficient (Wildman–Crippen LogP) is 3.02. The van der Waals surface area contributed by atoms with Gasteiger partial charge in [0.15, 0.2) is 5.82 Å². The van der Waals surface area contributed by atoms with Crippen molar-refractivity contribution in [1.82, 2.24) is 15.5 Å². The first-order chi connectivity index (χ1) is 9.70. The van der Waals surface area contributed by atoms with E-state index in [1.165, 1.54) is 19.3 Å². The van der Waals surface area contributed by atoms with Crippen LogP contribution in [-0.2, 0) is 10.3 Å². The van der Waals surface area contributed by atoms with E-state index in [-0.39, 0.29) is 5.91 Å². The molecule has 0 aromatic carbocycles. The van der Waals surface area contributed by atoms with Gasteiger partial charge in [0.05, 0.1) is 0 Å². The van der Waals surface area contributed by atoms with Crippen molar-refractivity contribution in [3.8, 4) is 0 Å². The number of carbonyl (C=O) groups is 1. The van der Waals surface area contributed by atoms with E-state index < -0.39 is 5.54 Å². The lowest BCUT2D eigenvalue weighted by Crippen LogP contribution is -2.45. The number of nitrogens with one attached hydrogen (secondary N) is 1. The highest BCUT2D eigenvalue weighted by Gasteiger charge is 2.39. The van der Waals surface area contributed by atoms with Gasteiger partial charge in [0.2, 0.25) is 11.8 Å². The maximum atomic E-state index is 11.6. The van der Waals surface area contributed by atoms with Gasteiger partial charge < -0.3 is 9.84 Å². The highest BCUT2D eigenvalue weighted by molar-refractivity contribution is 5.74. The Hall–Kier alpha value is -1.39. The molecule has 1 aromatic rings. The highest BCUT2D eigenvalue weighted by Crippen LogP contribution is 2.38. The number of hydrogen-bond acceptors (Lipinski definition) is 4. The Morgan fingerprint density at radius 1 is 1.20 bits per heavy atom. The molecule has 5 heteroatoms. The predicted molar refractivity (Wildman–Crippen MR) is 74.1 cm³/mol. The first-order valence-corrected chi connectivity index (χ1v) is 7.82. The molecule has 2 aliphatic carbocycles. The van der Waals surface area contributed by atoms with Gasteiger partial charge in [-0.1, -0.05) is 37.3 Å². The molecule has 0 saturated heterocycles. The van der Waals surface area contributed by atoms with Crippen molar-refractivity contribution < 1.29 is 9.32 Å². The van der Waals surface area contributed by atoms with Crippen LogP contribution in [-0.4, -0.2) is 16.0 Å². The molecule has 1 amide bonds. The summed E-state index contributed by atoms with van der Waals surface area (Å²) in [5, 5.41) is 7.32. The maximum absolute atomic E-state index is 11.6. The molecule has 1 N–H and O–H groups in total. The Kier molecular flexibility index (Phi) is 3.76. The van der Waals surface area contributed by atoms with E-state index in [1.54, 1.807) is 6.92 Å². The van der Waals surface area contributed by atoms with Gasteiger partial charge in [0.1, 0.15) is 5.54 Å². The van der Waals surface area contributed by atoms with Gasteiger partial charge in [-0.2, -0.15) is 4.98 Å². The standard InChI is InChI=1S/C15H23N3O2/c1-11(19)17-15(9-4-2-3-5-10-15)14-16-13(20-18-14)12-7-6-8-12/h12H,2-10H2,1H3,(H,17,19). The fourth-order valence-electron chi connectivity index (χ4n) is 3.32. The zero-order valence-electron chi connectivity index (χ0n) is 12.2. The van der Waals surface area contributed by atoms with Crippen LogP contribution in [0.3, 0.4) is 0 Å². The average Bonchev–Trinajstić information content (AvgIpc) is 2.68. The van der Waals surface area contributed by atoms with Crippen molar-refractivity contribution in [3.05, 3.63) is 11.7 Å². The molecule has 2 fully saturated rings. The van der Waals surface area contributed by atoms with Crippen molar-refractivity contribution in [2.45, 2.75) is 76.2 Å². The third kappa shape index (κ3) is 2.58. The molecule has 0 aliphatic heterocycles. The number of aromatic nitrogens is 2. The average molecular weight is 277 g/mol. The van der Waals surface area contributed by atoms with Gasteiger partial charge in [-0.15, -0.1) is 0 Å². The van der Waals surface area contributed by atoms with E-state index in [2.05, 4.69) is 15.5 Å². The summed E-state index contributed by atoms with van der Waals surface area (Å²) < 4.78 is 5.46.